The van der Waals surface area contributed by atoms with Crippen molar-refractivity contribution < 1.29 is 4.79 Å². The highest BCUT2D eigenvalue weighted by atomic mass is 32.1. The van der Waals surface area contributed by atoms with Crippen LogP contribution in [0.4, 0.5) is 0 Å². The summed E-state index contributed by atoms with van der Waals surface area (Å²) in [5.74, 6) is -0.100. The van der Waals surface area contributed by atoms with Crippen molar-refractivity contribution >= 4 is 22.9 Å². The van der Waals surface area contributed by atoms with Gasteiger partial charge in [0.15, 0.2) is 0 Å². The zero-order chi connectivity index (χ0) is 15.0. The molecule has 3 rings (SSSR count). The van der Waals surface area contributed by atoms with E-state index in [1.165, 1.54) is 4.88 Å². The smallest absolute Gasteiger partial charge is 0.256 e. The van der Waals surface area contributed by atoms with Gasteiger partial charge in [-0.3, -0.25) is 4.79 Å². The molecule has 0 saturated carbocycles. The number of aryl methyl sites for hydroxylation is 3. The first-order valence-corrected chi connectivity index (χ1v) is 7.57. The fourth-order valence-electron chi connectivity index (χ4n) is 2.23. The van der Waals surface area contributed by atoms with Crippen LogP contribution in [-0.4, -0.2) is 31.6 Å². The van der Waals surface area contributed by atoms with Crippen molar-refractivity contribution in [2.24, 2.45) is 7.05 Å². The standard InChI is InChI=1S/C14H17N5OS/c1-9-10(2)21-12(17-9)4-5-15-13(20)11-8-16-19-7-6-18(3)14(11)19/h6-8H,4-5H2,1-3H3,(H,15,20). The molecule has 0 fully saturated rings. The molecule has 0 aromatic carbocycles. The highest BCUT2D eigenvalue weighted by molar-refractivity contribution is 7.11. The Morgan fingerprint density at radius 1 is 1.38 bits per heavy atom. The molecule has 6 nitrogen and oxygen atoms in total. The topological polar surface area (TPSA) is 64.2 Å². The average Bonchev–Trinajstić information content (AvgIpc) is 3.09. The Morgan fingerprint density at radius 2 is 2.19 bits per heavy atom. The Hall–Kier alpha value is -2.15. The van der Waals surface area contributed by atoms with Crippen LogP contribution in [0.3, 0.4) is 0 Å². The van der Waals surface area contributed by atoms with Crippen molar-refractivity contribution in [1.29, 1.82) is 0 Å². The summed E-state index contributed by atoms with van der Waals surface area (Å²) in [6, 6.07) is 0. The first-order valence-electron chi connectivity index (χ1n) is 6.76. The summed E-state index contributed by atoms with van der Waals surface area (Å²) < 4.78 is 3.58. The molecular weight excluding hydrogens is 286 g/mol. The molecule has 1 N–H and O–H groups in total. The van der Waals surface area contributed by atoms with Gasteiger partial charge in [0.1, 0.15) is 11.2 Å². The predicted octanol–water partition coefficient (Wildman–Crippen LogP) is 1.72. The lowest BCUT2D eigenvalue weighted by Gasteiger charge is -2.02. The van der Waals surface area contributed by atoms with Gasteiger partial charge in [0.05, 0.1) is 16.9 Å². The minimum Gasteiger partial charge on any atom is -0.351 e. The van der Waals surface area contributed by atoms with Crippen LogP contribution in [0.15, 0.2) is 18.6 Å². The van der Waals surface area contributed by atoms with Gasteiger partial charge in [0, 0.05) is 37.3 Å². The number of hydrogen-bond donors (Lipinski definition) is 1. The molecule has 3 aromatic rings. The Balaban J connectivity index is 1.65. The van der Waals surface area contributed by atoms with Crippen molar-refractivity contribution in [3.05, 3.63) is 39.7 Å². The maximum atomic E-state index is 12.2. The van der Waals surface area contributed by atoms with E-state index in [4.69, 9.17) is 0 Å². The van der Waals surface area contributed by atoms with Crippen molar-refractivity contribution in [1.82, 2.24) is 24.5 Å². The van der Waals surface area contributed by atoms with Gasteiger partial charge in [-0.05, 0) is 13.8 Å². The normalized spacial score (nSPS) is 11.2. The fourth-order valence-corrected chi connectivity index (χ4v) is 3.17. The minimum atomic E-state index is -0.100. The van der Waals surface area contributed by atoms with Gasteiger partial charge in [0.2, 0.25) is 0 Å². The van der Waals surface area contributed by atoms with E-state index < -0.39 is 0 Å². The second kappa shape index (κ2) is 5.33. The minimum absolute atomic E-state index is 0.100. The second-order valence-electron chi connectivity index (χ2n) is 4.99. The van der Waals surface area contributed by atoms with Crippen LogP contribution < -0.4 is 5.32 Å². The molecular formula is C14H17N5OS. The van der Waals surface area contributed by atoms with Crippen molar-refractivity contribution in [2.75, 3.05) is 6.54 Å². The summed E-state index contributed by atoms with van der Waals surface area (Å²) >= 11 is 1.69. The third-order valence-corrected chi connectivity index (χ3v) is 4.61. The van der Waals surface area contributed by atoms with E-state index in [0.29, 0.717) is 12.1 Å². The first-order chi connectivity index (χ1) is 10.1. The summed E-state index contributed by atoms with van der Waals surface area (Å²) in [7, 11) is 1.90. The van der Waals surface area contributed by atoms with E-state index in [1.807, 2.05) is 30.9 Å². The number of fused-ring (bicyclic) bond motifs is 1. The zero-order valence-corrected chi connectivity index (χ0v) is 13.1. The van der Waals surface area contributed by atoms with Crippen LogP contribution in [0.1, 0.15) is 25.9 Å². The number of nitrogens with one attached hydrogen (secondary N) is 1. The molecule has 0 spiro atoms. The van der Waals surface area contributed by atoms with Gasteiger partial charge in [-0.1, -0.05) is 0 Å². The van der Waals surface area contributed by atoms with Crippen LogP contribution >= 0.6 is 11.3 Å². The van der Waals surface area contributed by atoms with Gasteiger partial charge in [-0.2, -0.15) is 5.10 Å². The van der Waals surface area contributed by atoms with Crippen LogP contribution in [-0.2, 0) is 13.5 Å². The Labute approximate surface area is 126 Å². The lowest BCUT2D eigenvalue weighted by Crippen LogP contribution is -2.25. The molecule has 110 valence electrons. The summed E-state index contributed by atoms with van der Waals surface area (Å²) in [6.45, 7) is 4.65. The highest BCUT2D eigenvalue weighted by Crippen LogP contribution is 2.16. The monoisotopic (exact) mass is 303 g/mol. The molecule has 0 saturated heterocycles. The summed E-state index contributed by atoms with van der Waals surface area (Å²) in [5.41, 5.74) is 2.46. The number of aromatic nitrogens is 4. The molecule has 0 bridgehead atoms. The molecule has 3 aromatic heterocycles. The van der Waals surface area contributed by atoms with Gasteiger partial charge < -0.3 is 9.88 Å². The van der Waals surface area contributed by atoms with Gasteiger partial charge in [0.25, 0.3) is 5.91 Å². The number of thiazole rings is 1. The van der Waals surface area contributed by atoms with Crippen molar-refractivity contribution in [3.8, 4) is 0 Å². The summed E-state index contributed by atoms with van der Waals surface area (Å²) in [6.07, 6.45) is 6.05. The Kier molecular flexibility index (Phi) is 3.50. The first kappa shape index (κ1) is 13.8. The number of hydrogen-bond acceptors (Lipinski definition) is 4. The molecule has 0 atom stereocenters. The van der Waals surface area contributed by atoms with Gasteiger partial charge in [-0.25, -0.2) is 9.50 Å². The van der Waals surface area contributed by atoms with Crippen LogP contribution in [0.25, 0.3) is 5.65 Å². The predicted molar refractivity (Wildman–Crippen MR) is 81.8 cm³/mol. The molecule has 0 unspecified atom stereocenters. The zero-order valence-electron chi connectivity index (χ0n) is 12.3. The van der Waals surface area contributed by atoms with E-state index in [0.717, 1.165) is 22.8 Å². The second-order valence-corrected chi connectivity index (χ2v) is 6.28. The molecule has 3 heterocycles. The quantitative estimate of drug-likeness (QED) is 0.798. The van der Waals surface area contributed by atoms with Crippen molar-refractivity contribution in [2.45, 2.75) is 20.3 Å². The third-order valence-electron chi connectivity index (χ3n) is 3.48. The van der Waals surface area contributed by atoms with E-state index in [-0.39, 0.29) is 5.91 Å². The van der Waals surface area contributed by atoms with E-state index in [9.17, 15) is 4.79 Å². The van der Waals surface area contributed by atoms with E-state index in [2.05, 4.69) is 22.3 Å². The molecule has 0 aliphatic carbocycles. The largest absolute Gasteiger partial charge is 0.351 e. The average molecular weight is 303 g/mol. The maximum Gasteiger partial charge on any atom is 0.256 e. The fraction of sp³-hybridized carbons (Fsp3) is 0.357. The lowest BCUT2D eigenvalue weighted by molar-refractivity contribution is 0.0955. The Morgan fingerprint density at radius 3 is 2.90 bits per heavy atom. The van der Waals surface area contributed by atoms with Gasteiger partial charge in [-0.15, -0.1) is 11.3 Å². The van der Waals surface area contributed by atoms with E-state index in [1.54, 1.807) is 22.0 Å². The summed E-state index contributed by atoms with van der Waals surface area (Å²) in [4.78, 5) is 17.9. The molecule has 21 heavy (non-hydrogen) atoms. The molecule has 1 amide bonds. The van der Waals surface area contributed by atoms with Crippen LogP contribution in [0.2, 0.25) is 0 Å². The van der Waals surface area contributed by atoms with E-state index >= 15 is 0 Å². The van der Waals surface area contributed by atoms with Gasteiger partial charge >= 0.3 is 0 Å². The SMILES string of the molecule is Cc1nc(CCNC(=O)c2cnn3ccn(C)c23)sc1C. The number of carbonyl (C=O) groups excluding carboxylic acids is 1. The Bertz CT molecular complexity index is 778. The lowest BCUT2D eigenvalue weighted by atomic mass is 10.3. The number of nitrogens with zero attached hydrogens (tertiary/aromatic N) is 4. The molecule has 7 heteroatoms. The molecule has 0 aliphatic rings. The number of rotatable bonds is 4. The van der Waals surface area contributed by atoms with Crippen LogP contribution in [0, 0.1) is 13.8 Å². The number of amides is 1. The number of carbonyl (C=O) groups is 1. The van der Waals surface area contributed by atoms with Crippen molar-refractivity contribution in [3.63, 3.8) is 0 Å². The maximum absolute atomic E-state index is 12.2. The summed E-state index contributed by atoms with van der Waals surface area (Å²) in [5, 5.41) is 8.16. The third kappa shape index (κ3) is 2.56. The molecule has 0 radical (unpaired) electrons. The number of imidazole rings is 1. The highest BCUT2D eigenvalue weighted by Gasteiger charge is 2.14. The molecule has 0 aliphatic heterocycles. The van der Waals surface area contributed by atoms with Crippen LogP contribution in [0.5, 0.6) is 0 Å².